The van der Waals surface area contributed by atoms with Crippen molar-refractivity contribution in [3.8, 4) is 0 Å². The van der Waals surface area contributed by atoms with Gasteiger partial charge in [0.1, 0.15) is 11.2 Å². The van der Waals surface area contributed by atoms with Gasteiger partial charge in [0.05, 0.1) is 18.3 Å². The van der Waals surface area contributed by atoms with Crippen LogP contribution in [0.3, 0.4) is 0 Å². The summed E-state index contributed by atoms with van der Waals surface area (Å²) in [5.41, 5.74) is 1.89. The standard InChI is InChI=1S/C28H35ClN4O3/c1-19-13-20(2)16-31(15-19)11-4-10-30-27(35)28(3)18-32-23-9-12-36-25(23)14-24(32)26(34)33(28)17-21-5-7-22(29)8-6-21/h5-9,12,14,19-20H,4,10-11,13,15-18H2,1-3H3,(H,30,35)/t19-,20-,28+/m1/s1. The van der Waals surface area contributed by atoms with Crippen molar-refractivity contribution in [1.82, 2.24) is 19.7 Å². The maximum absolute atomic E-state index is 13.7. The zero-order valence-electron chi connectivity index (χ0n) is 21.3. The number of nitrogens with one attached hydrogen (secondary N) is 1. The highest BCUT2D eigenvalue weighted by molar-refractivity contribution is 6.30. The smallest absolute Gasteiger partial charge is 0.271 e. The van der Waals surface area contributed by atoms with Crippen molar-refractivity contribution >= 4 is 34.5 Å². The summed E-state index contributed by atoms with van der Waals surface area (Å²) < 4.78 is 7.47. The van der Waals surface area contributed by atoms with Gasteiger partial charge in [-0.15, -0.1) is 0 Å². The number of fused-ring (bicyclic) bond motifs is 3. The lowest BCUT2D eigenvalue weighted by molar-refractivity contribution is -0.133. The second kappa shape index (κ2) is 9.94. The fourth-order valence-electron chi connectivity index (χ4n) is 5.96. The molecule has 36 heavy (non-hydrogen) atoms. The molecule has 0 bridgehead atoms. The number of nitrogens with zero attached hydrogens (tertiary/aromatic N) is 3. The van der Waals surface area contributed by atoms with E-state index in [9.17, 15) is 9.59 Å². The van der Waals surface area contributed by atoms with Crippen molar-refractivity contribution in [2.24, 2.45) is 11.8 Å². The van der Waals surface area contributed by atoms with Gasteiger partial charge in [-0.25, -0.2) is 0 Å². The van der Waals surface area contributed by atoms with Gasteiger partial charge in [0, 0.05) is 43.3 Å². The number of carbonyl (C=O) groups is 2. The zero-order chi connectivity index (χ0) is 25.4. The van der Waals surface area contributed by atoms with Gasteiger partial charge in [-0.2, -0.15) is 0 Å². The summed E-state index contributed by atoms with van der Waals surface area (Å²) in [5, 5.41) is 3.78. The van der Waals surface area contributed by atoms with Crippen molar-refractivity contribution < 1.29 is 14.0 Å². The van der Waals surface area contributed by atoms with Gasteiger partial charge >= 0.3 is 0 Å². The van der Waals surface area contributed by atoms with E-state index >= 15 is 0 Å². The minimum absolute atomic E-state index is 0.138. The highest BCUT2D eigenvalue weighted by atomic mass is 35.5. The maximum Gasteiger partial charge on any atom is 0.271 e. The Bertz CT molecular complexity index is 1240. The molecule has 1 fully saturated rings. The van der Waals surface area contributed by atoms with Crippen LogP contribution in [-0.2, 0) is 17.9 Å². The Hall–Kier alpha value is -2.77. The van der Waals surface area contributed by atoms with Gasteiger partial charge in [-0.05, 0) is 55.8 Å². The third-order valence-electron chi connectivity index (χ3n) is 7.67. The summed E-state index contributed by atoms with van der Waals surface area (Å²) in [5.74, 6) is 1.11. The number of piperidine rings is 1. The van der Waals surface area contributed by atoms with E-state index in [0.29, 0.717) is 47.8 Å². The van der Waals surface area contributed by atoms with E-state index in [2.05, 4.69) is 24.1 Å². The molecule has 0 spiro atoms. The molecular formula is C28H35ClN4O3. The number of furan rings is 1. The lowest BCUT2D eigenvalue weighted by Crippen LogP contribution is -2.63. The quantitative estimate of drug-likeness (QED) is 0.464. The van der Waals surface area contributed by atoms with Crippen LogP contribution in [0.5, 0.6) is 0 Å². The lowest BCUT2D eigenvalue weighted by Gasteiger charge is -2.44. The SMILES string of the molecule is C[C@@H]1C[C@@H](C)CN(CCCNC(=O)[C@]2(C)Cn3c(cc4occc43)C(=O)N2Cc2ccc(Cl)cc2)C1. The van der Waals surface area contributed by atoms with E-state index in [1.165, 1.54) is 6.42 Å². The number of benzene rings is 1. The number of rotatable bonds is 7. The number of hydrogen-bond acceptors (Lipinski definition) is 4. The summed E-state index contributed by atoms with van der Waals surface area (Å²) in [6.45, 7) is 11.0. The predicted octanol–water partition coefficient (Wildman–Crippen LogP) is 4.79. The summed E-state index contributed by atoms with van der Waals surface area (Å²) in [6, 6.07) is 11.0. The molecule has 0 unspecified atom stereocenters. The van der Waals surface area contributed by atoms with Crippen LogP contribution >= 0.6 is 11.6 Å². The van der Waals surface area contributed by atoms with Crippen molar-refractivity contribution in [2.75, 3.05) is 26.2 Å². The van der Waals surface area contributed by atoms with E-state index in [0.717, 1.165) is 37.1 Å². The number of amides is 2. The molecule has 2 aliphatic heterocycles. The summed E-state index contributed by atoms with van der Waals surface area (Å²) >= 11 is 6.07. The number of hydrogen-bond donors (Lipinski definition) is 1. The van der Waals surface area contributed by atoms with Gasteiger partial charge in [-0.3, -0.25) is 9.59 Å². The van der Waals surface area contributed by atoms with Crippen molar-refractivity contribution in [2.45, 2.75) is 52.2 Å². The molecule has 7 nitrogen and oxygen atoms in total. The molecule has 3 aromatic rings. The highest BCUT2D eigenvalue weighted by Gasteiger charge is 2.47. The largest absolute Gasteiger partial charge is 0.463 e. The van der Waals surface area contributed by atoms with Crippen LogP contribution in [0.4, 0.5) is 0 Å². The van der Waals surface area contributed by atoms with Gasteiger partial charge in [0.2, 0.25) is 5.91 Å². The second-order valence-corrected chi connectivity index (χ2v) is 11.3. The first-order valence-electron chi connectivity index (χ1n) is 12.9. The Balaban J connectivity index is 1.33. The second-order valence-electron chi connectivity index (χ2n) is 10.9. The molecular weight excluding hydrogens is 476 g/mol. The van der Waals surface area contributed by atoms with E-state index in [-0.39, 0.29) is 11.8 Å². The molecule has 2 amide bonds. The van der Waals surface area contributed by atoms with E-state index in [4.69, 9.17) is 16.0 Å². The minimum atomic E-state index is -1.05. The topological polar surface area (TPSA) is 70.7 Å². The van der Waals surface area contributed by atoms with Crippen molar-refractivity contribution in [3.05, 3.63) is 58.9 Å². The van der Waals surface area contributed by atoms with E-state index < -0.39 is 5.54 Å². The summed E-state index contributed by atoms with van der Waals surface area (Å²) in [7, 11) is 0. The fraction of sp³-hybridized carbons (Fsp3) is 0.500. The van der Waals surface area contributed by atoms with E-state index in [1.807, 2.05) is 29.7 Å². The molecule has 4 heterocycles. The number of halogens is 1. The molecule has 192 valence electrons. The third-order valence-corrected chi connectivity index (χ3v) is 7.93. The number of aromatic nitrogens is 1. The van der Waals surface area contributed by atoms with E-state index in [1.54, 1.807) is 29.4 Å². The van der Waals surface area contributed by atoms with Crippen LogP contribution in [0.25, 0.3) is 11.1 Å². The van der Waals surface area contributed by atoms with Crippen molar-refractivity contribution in [3.63, 3.8) is 0 Å². The first kappa shape index (κ1) is 24.9. The van der Waals surface area contributed by atoms with Crippen LogP contribution in [-0.4, -0.2) is 57.9 Å². The molecule has 5 rings (SSSR count). The van der Waals surface area contributed by atoms with Crippen LogP contribution in [0.2, 0.25) is 5.02 Å². The predicted molar refractivity (Wildman–Crippen MR) is 141 cm³/mol. The molecule has 3 atom stereocenters. The summed E-state index contributed by atoms with van der Waals surface area (Å²) in [6.07, 6.45) is 3.78. The Morgan fingerprint density at radius 1 is 1.17 bits per heavy atom. The van der Waals surface area contributed by atoms with Crippen LogP contribution in [0.1, 0.15) is 49.7 Å². The highest BCUT2D eigenvalue weighted by Crippen LogP contribution is 2.34. The lowest BCUT2D eigenvalue weighted by atomic mass is 9.92. The molecule has 8 heteroatoms. The Morgan fingerprint density at radius 2 is 1.89 bits per heavy atom. The molecule has 1 aromatic carbocycles. The Labute approximate surface area is 217 Å². The minimum Gasteiger partial charge on any atom is -0.463 e. The van der Waals surface area contributed by atoms with Gasteiger partial charge in [0.15, 0.2) is 5.58 Å². The molecule has 1 N–H and O–H groups in total. The third kappa shape index (κ3) is 4.78. The van der Waals surface area contributed by atoms with Gasteiger partial charge in [0.25, 0.3) is 5.91 Å². The Morgan fingerprint density at radius 3 is 2.61 bits per heavy atom. The van der Waals surface area contributed by atoms with Gasteiger partial charge < -0.3 is 24.1 Å². The molecule has 2 aliphatic rings. The number of carbonyl (C=O) groups excluding carboxylic acids is 2. The van der Waals surface area contributed by atoms with Crippen LogP contribution in [0, 0.1) is 11.8 Å². The normalized spacial score (nSPS) is 24.8. The van der Waals surface area contributed by atoms with Crippen molar-refractivity contribution in [1.29, 1.82) is 0 Å². The molecule has 1 saturated heterocycles. The number of likely N-dealkylation sites (tertiary alicyclic amines) is 1. The maximum atomic E-state index is 13.7. The van der Waals surface area contributed by atoms with Crippen LogP contribution < -0.4 is 5.32 Å². The monoisotopic (exact) mass is 510 g/mol. The average molecular weight is 511 g/mol. The Kier molecular flexibility index (Phi) is 6.88. The zero-order valence-corrected chi connectivity index (χ0v) is 22.1. The average Bonchev–Trinajstić information content (AvgIpc) is 3.42. The fourth-order valence-corrected chi connectivity index (χ4v) is 6.09. The first-order valence-corrected chi connectivity index (χ1v) is 13.3. The molecule has 0 radical (unpaired) electrons. The first-order chi connectivity index (χ1) is 17.2. The molecule has 0 aliphatic carbocycles. The molecule has 0 saturated carbocycles. The molecule has 2 aromatic heterocycles. The van der Waals surface area contributed by atoms with Gasteiger partial charge in [-0.1, -0.05) is 37.6 Å². The van der Waals surface area contributed by atoms with Crippen LogP contribution in [0.15, 0.2) is 47.1 Å². The summed E-state index contributed by atoms with van der Waals surface area (Å²) in [4.78, 5) is 31.6.